The van der Waals surface area contributed by atoms with Crippen molar-refractivity contribution < 1.29 is 9.47 Å². The third-order valence-electron chi connectivity index (χ3n) is 4.12. The van der Waals surface area contributed by atoms with Crippen molar-refractivity contribution in [3.8, 4) is 11.5 Å². The summed E-state index contributed by atoms with van der Waals surface area (Å²) in [6.45, 7) is 6.77. The highest BCUT2D eigenvalue weighted by atomic mass is 32.1. The van der Waals surface area contributed by atoms with Gasteiger partial charge in [0.1, 0.15) is 17.1 Å². The summed E-state index contributed by atoms with van der Waals surface area (Å²) in [5.74, 6) is 1.70. The van der Waals surface area contributed by atoms with E-state index in [1.807, 2.05) is 49.4 Å². The first-order valence-electron chi connectivity index (χ1n) is 8.56. The lowest BCUT2D eigenvalue weighted by Crippen LogP contribution is -2.42. The second-order valence-corrected chi connectivity index (χ2v) is 7.09. The number of thiocarbonyl (C=S) groups is 1. The molecule has 1 heterocycles. The molecule has 0 radical (unpaired) electrons. The molecule has 1 aliphatic heterocycles. The van der Waals surface area contributed by atoms with Gasteiger partial charge in [-0.05, 0) is 51.2 Å². The Hall–Kier alpha value is -2.27. The van der Waals surface area contributed by atoms with Gasteiger partial charge >= 0.3 is 0 Å². The van der Waals surface area contributed by atoms with Crippen LogP contribution in [0.1, 0.15) is 38.8 Å². The quantitative estimate of drug-likeness (QED) is 0.779. The molecule has 5 heteroatoms. The molecule has 0 amide bonds. The second-order valence-electron chi connectivity index (χ2n) is 6.68. The smallest absolute Gasteiger partial charge is 0.171 e. The van der Waals surface area contributed by atoms with E-state index in [9.17, 15) is 0 Å². The lowest BCUT2D eigenvalue weighted by atomic mass is 9.90. The van der Waals surface area contributed by atoms with E-state index in [1.54, 1.807) is 0 Å². The highest BCUT2D eigenvalue weighted by Crippen LogP contribution is 2.39. The molecule has 0 unspecified atom stereocenters. The minimum atomic E-state index is -0.245. The summed E-state index contributed by atoms with van der Waals surface area (Å²) in [6.07, 6.45) is 0.832. The molecular weight excluding hydrogens is 332 g/mol. The highest BCUT2D eigenvalue weighted by Gasteiger charge is 2.33. The Balaban J connectivity index is 1.75. The lowest BCUT2D eigenvalue weighted by molar-refractivity contribution is 0.0697. The van der Waals surface area contributed by atoms with Gasteiger partial charge in [-0.25, -0.2) is 0 Å². The number of benzene rings is 2. The topological polar surface area (TPSA) is 42.5 Å². The van der Waals surface area contributed by atoms with Crippen LogP contribution in [0.3, 0.4) is 0 Å². The van der Waals surface area contributed by atoms with Crippen LogP contribution >= 0.6 is 12.2 Å². The van der Waals surface area contributed by atoms with Gasteiger partial charge in [-0.15, -0.1) is 0 Å². The maximum atomic E-state index is 6.08. The van der Waals surface area contributed by atoms with E-state index in [2.05, 4.69) is 30.5 Å². The summed E-state index contributed by atoms with van der Waals surface area (Å²) in [4.78, 5) is 0. The lowest BCUT2D eigenvalue weighted by Gasteiger charge is -2.38. The highest BCUT2D eigenvalue weighted by molar-refractivity contribution is 7.80. The number of para-hydroxylation sites is 3. The van der Waals surface area contributed by atoms with Crippen LogP contribution in [-0.2, 0) is 0 Å². The maximum absolute atomic E-state index is 6.08. The molecule has 1 atom stereocenters. The molecule has 25 heavy (non-hydrogen) atoms. The minimum absolute atomic E-state index is 0.0965. The minimum Gasteiger partial charge on any atom is -0.492 e. The predicted molar refractivity (Wildman–Crippen MR) is 105 cm³/mol. The first-order valence-corrected chi connectivity index (χ1v) is 8.96. The van der Waals surface area contributed by atoms with Gasteiger partial charge in [0.15, 0.2) is 5.11 Å². The van der Waals surface area contributed by atoms with E-state index in [-0.39, 0.29) is 11.6 Å². The van der Waals surface area contributed by atoms with E-state index in [0.29, 0.717) is 11.7 Å². The molecule has 3 rings (SSSR count). The van der Waals surface area contributed by atoms with E-state index in [0.717, 1.165) is 29.2 Å². The van der Waals surface area contributed by atoms with Crippen molar-refractivity contribution >= 4 is 23.0 Å². The van der Waals surface area contributed by atoms with Crippen molar-refractivity contribution in [2.75, 3.05) is 11.9 Å². The summed E-state index contributed by atoms with van der Waals surface area (Å²) < 4.78 is 11.7. The van der Waals surface area contributed by atoms with Crippen LogP contribution < -0.4 is 20.1 Å². The normalized spacial score (nSPS) is 17.8. The van der Waals surface area contributed by atoms with Crippen LogP contribution in [-0.4, -0.2) is 17.3 Å². The molecule has 0 saturated carbocycles. The van der Waals surface area contributed by atoms with Crippen molar-refractivity contribution in [3.63, 3.8) is 0 Å². The third kappa shape index (κ3) is 4.23. The van der Waals surface area contributed by atoms with Crippen molar-refractivity contribution in [1.29, 1.82) is 0 Å². The Morgan fingerprint density at radius 1 is 1.20 bits per heavy atom. The molecule has 2 aromatic rings. The fourth-order valence-corrected chi connectivity index (χ4v) is 3.35. The molecular formula is C20H24N2O2S. The number of ether oxygens (including phenoxy) is 2. The van der Waals surface area contributed by atoms with E-state index < -0.39 is 0 Å². The van der Waals surface area contributed by atoms with Gasteiger partial charge in [-0.1, -0.05) is 30.3 Å². The van der Waals surface area contributed by atoms with E-state index in [1.165, 1.54) is 0 Å². The number of nitrogens with one attached hydrogen (secondary N) is 2. The fourth-order valence-electron chi connectivity index (χ4n) is 3.10. The van der Waals surface area contributed by atoms with Gasteiger partial charge in [0.2, 0.25) is 0 Å². The van der Waals surface area contributed by atoms with Crippen LogP contribution in [0.5, 0.6) is 11.5 Å². The summed E-state index contributed by atoms with van der Waals surface area (Å²) in [5.41, 5.74) is 1.75. The van der Waals surface area contributed by atoms with Crippen molar-refractivity contribution in [1.82, 2.24) is 5.32 Å². The zero-order chi connectivity index (χ0) is 17.9. The van der Waals surface area contributed by atoms with Gasteiger partial charge in [-0.2, -0.15) is 0 Å². The Morgan fingerprint density at radius 3 is 2.72 bits per heavy atom. The molecule has 0 bridgehead atoms. The van der Waals surface area contributed by atoms with Gasteiger partial charge < -0.3 is 20.1 Å². The summed E-state index contributed by atoms with van der Waals surface area (Å²) in [6, 6.07) is 16.0. The zero-order valence-corrected chi connectivity index (χ0v) is 15.7. The van der Waals surface area contributed by atoms with Crippen LogP contribution in [0.2, 0.25) is 0 Å². The largest absolute Gasteiger partial charge is 0.492 e. The Morgan fingerprint density at radius 2 is 1.92 bits per heavy atom. The van der Waals surface area contributed by atoms with Crippen LogP contribution in [0.4, 0.5) is 5.69 Å². The Labute approximate surface area is 154 Å². The molecule has 4 nitrogen and oxygen atoms in total. The third-order valence-corrected chi connectivity index (χ3v) is 4.34. The summed E-state index contributed by atoms with van der Waals surface area (Å²) in [7, 11) is 0. The molecule has 132 valence electrons. The molecule has 0 aromatic heterocycles. The Kier molecular flexibility index (Phi) is 5.13. The first kappa shape index (κ1) is 17.5. The fraction of sp³-hybridized carbons (Fsp3) is 0.350. The summed E-state index contributed by atoms with van der Waals surface area (Å²) >= 11 is 5.55. The number of hydrogen-bond donors (Lipinski definition) is 2. The average molecular weight is 356 g/mol. The second kappa shape index (κ2) is 7.31. The Bertz CT molecular complexity index is 761. The predicted octanol–water partition coefficient (Wildman–Crippen LogP) is 4.67. The number of rotatable bonds is 4. The summed E-state index contributed by atoms with van der Waals surface area (Å²) in [5, 5.41) is 7.26. The standard InChI is InChI=1S/C20H24N2O2S/c1-4-23-18-12-8-6-10-15(18)21-19(25)22-16-13-20(2,3)24-17-11-7-5-9-14(16)17/h5-12,16H,4,13H2,1-3H3,(H2,21,22,25)/t16-/m0/s1. The number of hydrogen-bond acceptors (Lipinski definition) is 3. The van der Waals surface area contributed by atoms with Gasteiger partial charge in [-0.3, -0.25) is 0 Å². The SMILES string of the molecule is CCOc1ccccc1NC(=S)N[C@H]1CC(C)(C)Oc2ccccc21. The van der Waals surface area contributed by atoms with Gasteiger partial charge in [0, 0.05) is 12.0 Å². The molecule has 0 saturated heterocycles. The van der Waals surface area contributed by atoms with Crippen LogP contribution in [0.15, 0.2) is 48.5 Å². The molecule has 0 spiro atoms. The van der Waals surface area contributed by atoms with E-state index in [4.69, 9.17) is 21.7 Å². The van der Waals surface area contributed by atoms with Gasteiger partial charge in [0.05, 0.1) is 18.3 Å². The number of fused-ring (bicyclic) bond motifs is 1. The van der Waals surface area contributed by atoms with Gasteiger partial charge in [0.25, 0.3) is 0 Å². The van der Waals surface area contributed by atoms with Crippen LogP contribution in [0, 0.1) is 0 Å². The number of anilines is 1. The van der Waals surface area contributed by atoms with Crippen molar-refractivity contribution in [3.05, 3.63) is 54.1 Å². The average Bonchev–Trinajstić information content (AvgIpc) is 2.56. The van der Waals surface area contributed by atoms with Crippen molar-refractivity contribution in [2.24, 2.45) is 0 Å². The molecule has 1 aliphatic rings. The zero-order valence-electron chi connectivity index (χ0n) is 14.8. The van der Waals surface area contributed by atoms with E-state index >= 15 is 0 Å². The molecule has 2 aromatic carbocycles. The molecule has 0 aliphatic carbocycles. The van der Waals surface area contributed by atoms with Crippen LogP contribution in [0.25, 0.3) is 0 Å². The molecule has 2 N–H and O–H groups in total. The van der Waals surface area contributed by atoms with Crippen molar-refractivity contribution in [2.45, 2.75) is 38.8 Å². The monoisotopic (exact) mass is 356 g/mol. The maximum Gasteiger partial charge on any atom is 0.171 e. The first-order chi connectivity index (χ1) is 12.0. The molecule has 0 fully saturated rings.